The zero-order valence-corrected chi connectivity index (χ0v) is 14.2. The fourth-order valence-corrected chi connectivity index (χ4v) is 3.16. The van der Waals surface area contributed by atoms with Crippen LogP contribution in [0.5, 0.6) is 0 Å². The Bertz CT molecular complexity index is 876. The summed E-state index contributed by atoms with van der Waals surface area (Å²) in [5, 5.41) is 21.9. The highest BCUT2D eigenvalue weighted by molar-refractivity contribution is 5.91. The molecule has 2 N–H and O–H groups in total. The van der Waals surface area contributed by atoms with E-state index in [1.54, 1.807) is 49.5 Å². The zero-order chi connectivity index (χ0) is 18.7. The number of amides is 1. The van der Waals surface area contributed by atoms with E-state index >= 15 is 0 Å². The monoisotopic (exact) mass is 350 g/mol. The number of carboxylic acids is 1. The topological polar surface area (TPSA) is 106 Å². The Morgan fingerprint density at radius 1 is 1.38 bits per heavy atom. The van der Waals surface area contributed by atoms with E-state index in [1.807, 2.05) is 0 Å². The number of carboxylic acid groups (broad SMARTS) is 1. The first-order chi connectivity index (χ1) is 12.5. The summed E-state index contributed by atoms with van der Waals surface area (Å²) in [6.45, 7) is 2.11. The average Bonchev–Trinajstić information content (AvgIpc) is 2.97. The first-order valence-electron chi connectivity index (χ1n) is 8.23. The number of carbonyl (C=O) groups is 2. The summed E-state index contributed by atoms with van der Waals surface area (Å²) < 4.78 is 0. The van der Waals surface area contributed by atoms with Crippen molar-refractivity contribution in [2.75, 3.05) is 11.9 Å². The van der Waals surface area contributed by atoms with Crippen LogP contribution >= 0.6 is 0 Å². The molecule has 1 fully saturated rings. The normalized spacial score (nSPS) is 17.6. The first-order valence-corrected chi connectivity index (χ1v) is 8.23. The molecule has 1 aliphatic rings. The van der Waals surface area contributed by atoms with Gasteiger partial charge in [-0.3, -0.25) is 4.79 Å². The van der Waals surface area contributed by atoms with Crippen LogP contribution in [0.4, 0.5) is 5.82 Å². The predicted molar refractivity (Wildman–Crippen MR) is 94.2 cm³/mol. The van der Waals surface area contributed by atoms with Crippen LogP contribution in [-0.4, -0.2) is 39.5 Å². The van der Waals surface area contributed by atoms with E-state index in [1.165, 1.54) is 4.90 Å². The number of hydrogen-bond donors (Lipinski definition) is 2. The largest absolute Gasteiger partial charge is 0.479 e. The molecule has 2 unspecified atom stereocenters. The van der Waals surface area contributed by atoms with Crippen molar-refractivity contribution in [2.45, 2.75) is 25.4 Å². The van der Waals surface area contributed by atoms with E-state index in [0.29, 0.717) is 29.9 Å². The van der Waals surface area contributed by atoms with Crippen molar-refractivity contribution in [3.05, 3.63) is 59.3 Å². The second kappa shape index (κ2) is 7.23. The van der Waals surface area contributed by atoms with Crippen LogP contribution in [0.3, 0.4) is 0 Å². The maximum Gasteiger partial charge on any atom is 0.331 e. The number of likely N-dealkylation sites (tertiary alicyclic amines) is 1. The van der Waals surface area contributed by atoms with E-state index in [4.69, 9.17) is 0 Å². The number of anilines is 1. The number of aromatic nitrogens is 1. The summed E-state index contributed by atoms with van der Waals surface area (Å²) in [5.41, 5.74) is 1.71. The molecule has 7 heteroatoms. The number of nitriles is 1. The average molecular weight is 350 g/mol. The molecule has 0 bridgehead atoms. The van der Waals surface area contributed by atoms with Crippen molar-refractivity contribution in [2.24, 2.45) is 0 Å². The lowest BCUT2D eigenvalue weighted by Gasteiger charge is -2.25. The Morgan fingerprint density at radius 2 is 2.12 bits per heavy atom. The second-order valence-electron chi connectivity index (χ2n) is 6.13. The number of aryl methyl sites for hydroxylation is 1. The smallest absolute Gasteiger partial charge is 0.331 e. The van der Waals surface area contributed by atoms with Crippen LogP contribution in [0.15, 0.2) is 42.6 Å². The van der Waals surface area contributed by atoms with E-state index in [2.05, 4.69) is 16.4 Å². The summed E-state index contributed by atoms with van der Waals surface area (Å²) in [6, 6.07) is 10.9. The summed E-state index contributed by atoms with van der Waals surface area (Å²) >= 11 is 0. The standard InChI is InChI=1S/C19H18N4O3/c1-12-7-9-21-17(14(12)11-20)22-15-8-10-23(18(15)24)16(19(25)26)13-5-3-2-4-6-13/h2-7,9,15-16H,8,10H2,1H3,(H,21,22)(H,25,26). The summed E-state index contributed by atoms with van der Waals surface area (Å²) in [6.07, 6.45) is 2.01. The summed E-state index contributed by atoms with van der Waals surface area (Å²) in [4.78, 5) is 30.1. The fourth-order valence-electron chi connectivity index (χ4n) is 3.16. The van der Waals surface area contributed by atoms with Gasteiger partial charge in [-0.2, -0.15) is 5.26 Å². The lowest BCUT2D eigenvalue weighted by molar-refractivity contribution is -0.148. The first kappa shape index (κ1) is 17.4. The van der Waals surface area contributed by atoms with Gasteiger partial charge in [-0.25, -0.2) is 9.78 Å². The molecule has 2 atom stereocenters. The molecule has 0 aliphatic carbocycles. The lowest BCUT2D eigenvalue weighted by Crippen LogP contribution is -2.39. The molecule has 2 heterocycles. The number of benzene rings is 1. The van der Waals surface area contributed by atoms with Gasteiger partial charge in [0.05, 0.1) is 5.56 Å². The molecule has 132 valence electrons. The third-order valence-corrected chi connectivity index (χ3v) is 4.48. The Kier molecular flexibility index (Phi) is 4.85. The van der Waals surface area contributed by atoms with Gasteiger partial charge in [0.1, 0.15) is 17.9 Å². The number of aliphatic carboxylic acids is 1. The van der Waals surface area contributed by atoms with Gasteiger partial charge in [0.2, 0.25) is 5.91 Å². The van der Waals surface area contributed by atoms with Crippen molar-refractivity contribution in [1.82, 2.24) is 9.88 Å². The summed E-state index contributed by atoms with van der Waals surface area (Å²) in [5.74, 6) is -1.04. The number of carbonyl (C=O) groups excluding carboxylic acids is 1. The van der Waals surface area contributed by atoms with Crippen molar-refractivity contribution < 1.29 is 14.7 Å². The van der Waals surface area contributed by atoms with Crippen LogP contribution in [0.25, 0.3) is 0 Å². The molecule has 26 heavy (non-hydrogen) atoms. The van der Waals surface area contributed by atoms with Gasteiger partial charge in [-0.05, 0) is 30.5 Å². The van der Waals surface area contributed by atoms with Crippen LogP contribution in [0.1, 0.15) is 29.2 Å². The molecule has 7 nitrogen and oxygen atoms in total. The maximum atomic E-state index is 12.8. The van der Waals surface area contributed by atoms with E-state index in [0.717, 1.165) is 5.56 Å². The Morgan fingerprint density at radius 3 is 2.77 bits per heavy atom. The Hall–Kier alpha value is -3.40. The quantitative estimate of drug-likeness (QED) is 0.855. The Labute approximate surface area is 150 Å². The molecule has 1 aromatic carbocycles. The molecular weight excluding hydrogens is 332 g/mol. The van der Waals surface area contributed by atoms with Gasteiger partial charge in [0, 0.05) is 12.7 Å². The van der Waals surface area contributed by atoms with Gasteiger partial charge in [-0.1, -0.05) is 30.3 Å². The van der Waals surface area contributed by atoms with Crippen molar-refractivity contribution in [1.29, 1.82) is 5.26 Å². The molecule has 3 rings (SSSR count). The minimum Gasteiger partial charge on any atom is -0.479 e. The molecule has 0 radical (unpaired) electrons. The van der Waals surface area contributed by atoms with E-state index in [-0.39, 0.29) is 5.91 Å². The van der Waals surface area contributed by atoms with E-state index in [9.17, 15) is 20.0 Å². The van der Waals surface area contributed by atoms with Crippen LogP contribution in [0.2, 0.25) is 0 Å². The van der Waals surface area contributed by atoms with Crippen LogP contribution < -0.4 is 5.32 Å². The minimum absolute atomic E-state index is 0.312. The highest BCUT2D eigenvalue weighted by Gasteiger charge is 2.40. The number of nitrogens with one attached hydrogen (secondary N) is 1. The SMILES string of the molecule is Cc1ccnc(NC2CCN(C(C(=O)O)c3ccccc3)C2=O)c1C#N. The predicted octanol–water partition coefficient (Wildman–Crippen LogP) is 2.10. The molecule has 0 spiro atoms. The summed E-state index contributed by atoms with van der Waals surface area (Å²) in [7, 11) is 0. The van der Waals surface area contributed by atoms with Crippen molar-refractivity contribution in [3.63, 3.8) is 0 Å². The fraction of sp³-hybridized carbons (Fsp3) is 0.263. The second-order valence-corrected chi connectivity index (χ2v) is 6.13. The lowest BCUT2D eigenvalue weighted by atomic mass is 10.1. The number of nitrogens with zero attached hydrogens (tertiary/aromatic N) is 3. The molecule has 1 amide bonds. The van der Waals surface area contributed by atoms with Crippen molar-refractivity contribution >= 4 is 17.7 Å². The number of pyridine rings is 1. The van der Waals surface area contributed by atoms with Crippen molar-refractivity contribution in [3.8, 4) is 6.07 Å². The Balaban J connectivity index is 1.83. The van der Waals surface area contributed by atoms with E-state index < -0.39 is 18.1 Å². The molecule has 0 saturated carbocycles. The van der Waals surface area contributed by atoms with Gasteiger partial charge in [0.25, 0.3) is 0 Å². The maximum absolute atomic E-state index is 12.8. The zero-order valence-electron chi connectivity index (χ0n) is 14.2. The number of rotatable bonds is 5. The highest BCUT2D eigenvalue weighted by atomic mass is 16.4. The van der Waals surface area contributed by atoms with Gasteiger partial charge in [0.15, 0.2) is 6.04 Å². The van der Waals surface area contributed by atoms with Gasteiger partial charge < -0.3 is 15.3 Å². The molecular formula is C19H18N4O3. The van der Waals surface area contributed by atoms with Crippen LogP contribution in [0, 0.1) is 18.3 Å². The molecule has 2 aromatic rings. The third kappa shape index (κ3) is 3.22. The molecule has 1 aliphatic heterocycles. The molecule has 1 aromatic heterocycles. The highest BCUT2D eigenvalue weighted by Crippen LogP contribution is 2.28. The minimum atomic E-state index is -1.07. The van der Waals surface area contributed by atoms with Gasteiger partial charge >= 0.3 is 5.97 Å². The van der Waals surface area contributed by atoms with Crippen LogP contribution in [-0.2, 0) is 9.59 Å². The van der Waals surface area contributed by atoms with Gasteiger partial charge in [-0.15, -0.1) is 0 Å². The number of hydrogen-bond acceptors (Lipinski definition) is 5. The molecule has 1 saturated heterocycles. The third-order valence-electron chi connectivity index (χ3n) is 4.48.